The van der Waals surface area contributed by atoms with Crippen molar-refractivity contribution in [1.29, 1.82) is 0 Å². The highest BCUT2D eigenvalue weighted by atomic mass is 35.5. The average molecular weight is 570 g/mol. The molecule has 2 aliphatic heterocycles. The van der Waals surface area contributed by atoms with Crippen LogP contribution in [0.5, 0.6) is 28.7 Å². The number of phenols is 1. The lowest BCUT2D eigenvalue weighted by Crippen LogP contribution is -2.58. The molecule has 1 spiro atoms. The zero-order valence-corrected chi connectivity index (χ0v) is 23.5. The molecular weight excluding hydrogens is 542 g/mol. The fourth-order valence-electron chi connectivity index (χ4n) is 5.88. The van der Waals surface area contributed by atoms with Gasteiger partial charge in [0.1, 0.15) is 22.1 Å². The molecule has 0 saturated heterocycles. The van der Waals surface area contributed by atoms with E-state index in [9.17, 15) is 19.5 Å². The summed E-state index contributed by atoms with van der Waals surface area (Å²) in [5.74, 6) is -3.12. The molecule has 0 bridgehead atoms. The molecule has 210 valence electrons. The molecule has 0 fully saturated rings. The van der Waals surface area contributed by atoms with Gasteiger partial charge in [-0.05, 0) is 31.0 Å². The van der Waals surface area contributed by atoms with Crippen molar-refractivity contribution >= 4 is 29.1 Å². The molecule has 0 radical (unpaired) electrons. The number of carbonyl (C=O) groups excluding carboxylic acids is 3. The summed E-state index contributed by atoms with van der Waals surface area (Å²) in [6, 6.07) is 6.07. The smallest absolute Gasteiger partial charge is 0.336 e. The number of methoxy groups -OCH3 is 4. The molecule has 2 heterocycles. The Morgan fingerprint density at radius 2 is 1.73 bits per heavy atom. The Kier molecular flexibility index (Phi) is 6.70. The van der Waals surface area contributed by atoms with Crippen LogP contribution in [0.2, 0.25) is 5.02 Å². The van der Waals surface area contributed by atoms with Gasteiger partial charge in [-0.15, -0.1) is 0 Å². The van der Waals surface area contributed by atoms with Gasteiger partial charge >= 0.3 is 5.97 Å². The van der Waals surface area contributed by atoms with Crippen LogP contribution in [0.25, 0.3) is 0 Å². The summed E-state index contributed by atoms with van der Waals surface area (Å²) in [6.07, 6.45) is 0.238. The first-order valence-corrected chi connectivity index (χ1v) is 12.8. The fourth-order valence-corrected chi connectivity index (χ4v) is 6.14. The maximum absolute atomic E-state index is 14.7. The molecule has 0 aromatic heterocycles. The summed E-state index contributed by atoms with van der Waals surface area (Å²) in [6.45, 7) is 3.45. The van der Waals surface area contributed by atoms with E-state index in [-0.39, 0.29) is 56.9 Å². The average Bonchev–Trinajstić information content (AvgIpc) is 3.25. The van der Waals surface area contributed by atoms with Gasteiger partial charge in [0.2, 0.25) is 17.2 Å². The molecule has 3 atom stereocenters. The van der Waals surface area contributed by atoms with Crippen LogP contribution in [-0.4, -0.2) is 56.7 Å². The predicted octanol–water partition coefficient (Wildman–Crippen LogP) is 4.08. The van der Waals surface area contributed by atoms with Gasteiger partial charge in [0.15, 0.2) is 17.2 Å². The van der Waals surface area contributed by atoms with Crippen molar-refractivity contribution in [3.8, 4) is 28.7 Å². The summed E-state index contributed by atoms with van der Waals surface area (Å²) < 4.78 is 27.3. The largest absolute Gasteiger partial charge is 0.504 e. The Morgan fingerprint density at radius 1 is 1.05 bits per heavy atom. The molecule has 40 heavy (non-hydrogen) atoms. The molecule has 1 aliphatic carbocycles. The van der Waals surface area contributed by atoms with Crippen LogP contribution in [-0.2, 0) is 14.3 Å². The molecule has 5 rings (SSSR count). The van der Waals surface area contributed by atoms with Crippen LogP contribution in [0.1, 0.15) is 42.1 Å². The standard InChI is InChI=1S/C29H28ClNO9/c1-12-9-15-22(21(20(13(2)31-15)28(35)39-6)14-7-8-17(36-3)16(32)10-14)26(33)29(12)27(34)23-18(37-4)11-19(38-5)24(30)25(23)40-29/h7-8,10-12,21,31-32H,9H2,1-6H3/t12-,21-,29+/m1/s1. The van der Waals surface area contributed by atoms with E-state index < -0.39 is 35.0 Å². The number of hydrogen-bond donors (Lipinski definition) is 2. The Balaban J connectivity index is 1.72. The van der Waals surface area contributed by atoms with E-state index in [4.69, 9.17) is 35.3 Å². The van der Waals surface area contributed by atoms with Gasteiger partial charge < -0.3 is 34.1 Å². The lowest BCUT2D eigenvalue weighted by atomic mass is 9.65. The molecule has 0 saturated carbocycles. The van der Waals surface area contributed by atoms with Gasteiger partial charge in [0.25, 0.3) is 0 Å². The van der Waals surface area contributed by atoms with Crippen molar-refractivity contribution in [3.63, 3.8) is 0 Å². The van der Waals surface area contributed by atoms with Crippen LogP contribution in [0.15, 0.2) is 46.8 Å². The molecule has 2 aromatic carbocycles. The number of allylic oxidation sites excluding steroid dienone is 2. The van der Waals surface area contributed by atoms with Crippen LogP contribution in [0, 0.1) is 5.92 Å². The number of esters is 1. The first kappa shape index (κ1) is 27.4. The Hall–Kier alpha value is -4.18. The maximum Gasteiger partial charge on any atom is 0.336 e. The molecule has 2 N–H and O–H groups in total. The number of rotatable bonds is 5. The molecule has 0 amide bonds. The number of nitrogens with one attached hydrogen (secondary N) is 1. The van der Waals surface area contributed by atoms with Crippen LogP contribution < -0.4 is 24.3 Å². The monoisotopic (exact) mass is 569 g/mol. The number of carbonyl (C=O) groups is 3. The summed E-state index contributed by atoms with van der Waals surface area (Å²) >= 11 is 6.56. The van der Waals surface area contributed by atoms with E-state index in [2.05, 4.69) is 5.32 Å². The number of hydrogen-bond acceptors (Lipinski definition) is 10. The number of Topliss-reactive ketones (excluding diaryl/α,β-unsaturated/α-hetero) is 2. The van der Waals surface area contributed by atoms with Crippen LogP contribution >= 0.6 is 11.6 Å². The molecular formula is C29H28ClNO9. The number of benzene rings is 2. The number of ether oxygens (including phenoxy) is 5. The highest BCUT2D eigenvalue weighted by molar-refractivity contribution is 6.36. The first-order chi connectivity index (χ1) is 19.0. The zero-order chi connectivity index (χ0) is 29.1. The summed E-state index contributed by atoms with van der Waals surface area (Å²) in [5, 5.41) is 13.8. The summed E-state index contributed by atoms with van der Waals surface area (Å²) in [4.78, 5) is 41.9. The van der Waals surface area contributed by atoms with Gasteiger partial charge in [-0.25, -0.2) is 4.79 Å². The number of ketones is 2. The van der Waals surface area contributed by atoms with Gasteiger partial charge in [0.05, 0.1) is 34.0 Å². The Labute approximate surface area is 235 Å². The topological polar surface area (TPSA) is 130 Å². The van der Waals surface area contributed by atoms with Crippen LogP contribution in [0.4, 0.5) is 0 Å². The number of phenolic OH excluding ortho intramolecular Hbond substituents is 1. The lowest BCUT2D eigenvalue weighted by Gasteiger charge is -2.42. The Bertz CT molecular complexity index is 1540. The third-order valence-electron chi connectivity index (χ3n) is 7.79. The number of halogens is 1. The van der Waals surface area contributed by atoms with Gasteiger partial charge in [0, 0.05) is 34.9 Å². The van der Waals surface area contributed by atoms with E-state index >= 15 is 0 Å². The minimum Gasteiger partial charge on any atom is -0.504 e. The SMILES string of the molecule is COC(=O)C1=C(C)NC2=C(C(=O)[C@@]3(Oc4c(Cl)c(OC)cc(OC)c4C3=O)[C@H](C)C2)[C@@H]1c1ccc(OC)c(O)c1. The van der Waals surface area contributed by atoms with E-state index in [1.54, 1.807) is 19.9 Å². The third-order valence-corrected chi connectivity index (χ3v) is 8.15. The summed E-state index contributed by atoms with van der Waals surface area (Å²) in [5.41, 5.74) is -0.188. The molecule has 0 unspecified atom stereocenters. The van der Waals surface area contributed by atoms with Gasteiger partial charge in [-0.1, -0.05) is 24.6 Å². The van der Waals surface area contributed by atoms with E-state index in [1.807, 2.05) is 0 Å². The van der Waals surface area contributed by atoms with E-state index in [0.29, 0.717) is 17.0 Å². The van der Waals surface area contributed by atoms with Gasteiger partial charge in [-0.3, -0.25) is 9.59 Å². The number of aromatic hydroxyl groups is 1. The van der Waals surface area contributed by atoms with Crippen molar-refractivity contribution < 1.29 is 43.2 Å². The molecule has 3 aliphatic rings. The van der Waals surface area contributed by atoms with Crippen molar-refractivity contribution in [1.82, 2.24) is 5.32 Å². The second-order valence-electron chi connectivity index (χ2n) is 9.81. The highest BCUT2D eigenvalue weighted by Crippen LogP contribution is 2.56. The third kappa shape index (κ3) is 3.66. The Morgan fingerprint density at radius 3 is 2.33 bits per heavy atom. The molecule has 2 aromatic rings. The minimum absolute atomic E-state index is 0.00515. The van der Waals surface area contributed by atoms with Crippen LogP contribution in [0.3, 0.4) is 0 Å². The zero-order valence-electron chi connectivity index (χ0n) is 22.8. The minimum atomic E-state index is -1.98. The highest BCUT2D eigenvalue weighted by Gasteiger charge is 2.63. The number of fused-ring (bicyclic) bond motifs is 1. The second-order valence-corrected chi connectivity index (χ2v) is 10.2. The summed E-state index contributed by atoms with van der Waals surface area (Å²) in [7, 11) is 5.45. The van der Waals surface area contributed by atoms with Crippen molar-refractivity contribution in [2.75, 3.05) is 28.4 Å². The van der Waals surface area contributed by atoms with Crippen molar-refractivity contribution in [2.45, 2.75) is 31.8 Å². The maximum atomic E-state index is 14.7. The van der Waals surface area contributed by atoms with Crippen molar-refractivity contribution in [3.05, 3.63) is 63.0 Å². The number of dihydropyridines is 1. The quantitative estimate of drug-likeness (QED) is 0.401. The fraction of sp³-hybridized carbons (Fsp3) is 0.345. The molecule has 10 nitrogen and oxygen atoms in total. The van der Waals surface area contributed by atoms with Crippen molar-refractivity contribution in [2.24, 2.45) is 5.92 Å². The molecule has 11 heteroatoms. The van der Waals surface area contributed by atoms with Gasteiger partial charge in [-0.2, -0.15) is 0 Å². The lowest BCUT2D eigenvalue weighted by molar-refractivity contribution is -0.136. The second kappa shape index (κ2) is 9.78. The normalized spacial score (nSPS) is 23.4. The predicted molar refractivity (Wildman–Crippen MR) is 143 cm³/mol. The van der Waals surface area contributed by atoms with E-state index in [0.717, 1.165) is 0 Å². The van der Waals surface area contributed by atoms with E-state index in [1.165, 1.54) is 46.6 Å². The first-order valence-electron chi connectivity index (χ1n) is 12.4.